The van der Waals surface area contributed by atoms with E-state index in [4.69, 9.17) is 10.2 Å². The van der Waals surface area contributed by atoms with Gasteiger partial charge >= 0.3 is 0 Å². The maximum absolute atomic E-state index is 9.47. The second-order valence-electron chi connectivity index (χ2n) is 0.469. The topological polar surface area (TPSA) is 57.5 Å². The first-order valence-corrected chi connectivity index (χ1v) is 3.24. The van der Waals surface area contributed by atoms with Crippen molar-refractivity contribution in [3.8, 4) is 0 Å². The lowest BCUT2D eigenvalue weighted by atomic mass is 15.8. The Hall–Kier alpha value is 0.420. The smallest absolute Gasteiger partial charge is 0.218 e. The summed E-state index contributed by atoms with van der Waals surface area (Å²) in [6, 6.07) is 0. The summed E-state index contributed by atoms with van der Waals surface area (Å²) < 4.78 is 30.9. The molecule has 5 heavy (non-hydrogen) atoms. The quantitative estimate of drug-likeness (QED) is 0.434. The summed E-state index contributed by atoms with van der Waals surface area (Å²) in [4.78, 5) is 0. The zero-order valence-electron chi connectivity index (χ0n) is 3.16. The van der Waals surface area contributed by atoms with Crippen molar-refractivity contribution < 1.29 is 13.3 Å². The van der Waals surface area contributed by atoms with E-state index in [-0.39, 0.29) is 0 Å². The van der Waals surface area contributed by atoms with Crippen LogP contribution in [0.2, 0.25) is 0 Å². The largest absolute Gasteiger partial charge is 0.289 e. The third-order valence-electron chi connectivity index (χ3n) is 0. The molecule has 0 aliphatic rings. The summed E-state index contributed by atoms with van der Waals surface area (Å²) in [5.41, 5.74) is 0. The molecule has 5 heteroatoms. The van der Waals surface area contributed by atoms with E-state index in [9.17, 15) is 4.21 Å². The van der Waals surface area contributed by atoms with E-state index in [2.05, 4.69) is 0 Å². The van der Waals surface area contributed by atoms with E-state index in [1.54, 1.807) is 0 Å². The van der Waals surface area contributed by atoms with Crippen molar-refractivity contribution in [2.75, 3.05) is 0 Å². The SMILES string of the molecule is [2H][SH]=S(=O)(O)O. The maximum atomic E-state index is 9.47. The van der Waals surface area contributed by atoms with Gasteiger partial charge < -0.3 is 0 Å². The molecule has 34 valence electrons. The molecule has 3 nitrogen and oxygen atoms in total. The average molecular weight is 117 g/mol. The zero-order chi connectivity index (χ0) is 5.21. The van der Waals surface area contributed by atoms with Crippen LogP contribution in [0.15, 0.2) is 0 Å². The zero-order valence-corrected chi connectivity index (χ0v) is 3.87. The molecule has 0 aromatic heterocycles. The van der Waals surface area contributed by atoms with Crippen molar-refractivity contribution in [1.82, 2.24) is 0 Å². The summed E-state index contributed by atoms with van der Waals surface area (Å²) in [5.74, 6) is 0. The van der Waals surface area contributed by atoms with Gasteiger partial charge in [0, 0.05) is 0 Å². The predicted octanol–water partition coefficient (Wildman–Crippen LogP) is -0.857. The van der Waals surface area contributed by atoms with E-state index < -0.39 is 20.1 Å². The second kappa shape index (κ2) is 1.25. The molecule has 0 fully saturated rings. The highest BCUT2D eigenvalue weighted by Crippen LogP contribution is 1.62. The van der Waals surface area contributed by atoms with Crippen LogP contribution in [-0.4, -0.2) is 14.4 Å². The fraction of sp³-hybridized carbons (Fsp3) is 0. The monoisotopic (exact) mass is 117 g/mol. The van der Waals surface area contributed by atoms with Crippen LogP contribution in [0.25, 0.3) is 0 Å². The molecule has 0 atom stereocenters. The fourth-order valence-electron chi connectivity index (χ4n) is 0. The van der Waals surface area contributed by atoms with Crippen LogP contribution in [0, 0.1) is 0 Å². The molecule has 0 radical (unpaired) electrons. The first-order valence-electron chi connectivity index (χ1n) is 1.16. The number of rotatable bonds is 0. The van der Waals surface area contributed by atoms with E-state index in [0.717, 1.165) is 0 Å². The summed E-state index contributed by atoms with van der Waals surface area (Å²) in [7, 11) is -3.77. The van der Waals surface area contributed by atoms with Crippen LogP contribution in [0.3, 0.4) is 0 Å². The Morgan fingerprint density at radius 3 is 2.20 bits per heavy atom. The molecule has 0 aromatic carbocycles. The third-order valence-corrected chi connectivity index (χ3v) is 0. The van der Waals surface area contributed by atoms with Gasteiger partial charge in [-0.15, -0.1) is 11.1 Å². The van der Waals surface area contributed by atoms with Gasteiger partial charge in [-0.2, -0.15) is 0 Å². The minimum atomic E-state index is -3.77. The molecule has 0 bridgehead atoms. The Kier molecular flexibility index (Phi) is 0.904. The van der Waals surface area contributed by atoms with Gasteiger partial charge in [0.05, 0.1) is 0 Å². The Morgan fingerprint density at radius 1 is 2.00 bits per heavy atom. The lowest BCUT2D eigenvalue weighted by molar-refractivity contribution is 0.450. The minimum Gasteiger partial charge on any atom is -0.289 e. The molecule has 0 saturated carbocycles. The van der Waals surface area contributed by atoms with Crippen LogP contribution in [-0.2, 0) is 20.1 Å². The molecule has 0 saturated heterocycles. The van der Waals surface area contributed by atoms with E-state index >= 15 is 0 Å². The Bertz CT molecular complexity index is 122. The minimum absolute atomic E-state index is 0.637. The highest BCUT2D eigenvalue weighted by molar-refractivity contribution is 8.26. The van der Waals surface area contributed by atoms with E-state index in [1.807, 2.05) is 0 Å². The van der Waals surface area contributed by atoms with Gasteiger partial charge in [0.2, 0.25) is 9.05 Å². The average Bonchev–Trinajstić information content (AvgIpc) is 1.35. The Balaban J connectivity index is 4.24. The molecule has 0 spiro atoms. The molecular formula is H4O3S2. The molecule has 0 rings (SSSR count). The van der Waals surface area contributed by atoms with Crippen molar-refractivity contribution in [3.05, 3.63) is 0 Å². The lowest BCUT2D eigenvalue weighted by Crippen LogP contribution is -1.86. The second-order valence-corrected chi connectivity index (χ2v) is 2.83. The van der Waals surface area contributed by atoms with Crippen LogP contribution in [0.4, 0.5) is 0 Å². The van der Waals surface area contributed by atoms with Gasteiger partial charge in [-0.3, -0.25) is 9.11 Å². The van der Waals surface area contributed by atoms with Crippen LogP contribution >= 0.6 is 0 Å². The fourth-order valence-corrected chi connectivity index (χ4v) is 0. The van der Waals surface area contributed by atoms with Crippen LogP contribution in [0.1, 0.15) is 0 Å². The lowest BCUT2D eigenvalue weighted by Gasteiger charge is -1.76. The Morgan fingerprint density at radius 2 is 2.20 bits per heavy atom. The molecular weight excluding hydrogens is 112 g/mol. The van der Waals surface area contributed by atoms with Crippen molar-refractivity contribution >= 4 is 20.1 Å². The molecule has 0 aliphatic heterocycles. The molecule has 0 aromatic rings. The summed E-state index contributed by atoms with van der Waals surface area (Å²) in [5, 5.41) is 0. The summed E-state index contributed by atoms with van der Waals surface area (Å²) in [6.45, 7) is 0. The molecule has 0 unspecified atom stereocenters. The molecule has 2 N–H and O–H groups in total. The summed E-state index contributed by atoms with van der Waals surface area (Å²) >= 11 is -0.637. The highest BCUT2D eigenvalue weighted by Gasteiger charge is 1.74. The number of hydrogen-bond donors (Lipinski definition) is 2. The van der Waals surface area contributed by atoms with Gasteiger partial charge in [-0.05, 0) is 0 Å². The van der Waals surface area contributed by atoms with Crippen molar-refractivity contribution in [2.45, 2.75) is 0 Å². The first-order chi connectivity index (χ1) is 2.56. The van der Waals surface area contributed by atoms with Crippen molar-refractivity contribution in [2.24, 2.45) is 0 Å². The molecule has 0 amide bonds. The first kappa shape index (κ1) is 3.60. The van der Waals surface area contributed by atoms with Gasteiger partial charge in [-0.25, -0.2) is 4.21 Å². The van der Waals surface area contributed by atoms with E-state index in [1.165, 1.54) is 0 Å². The van der Waals surface area contributed by atoms with Gasteiger partial charge in [0.1, 0.15) is 1.12 Å². The van der Waals surface area contributed by atoms with Gasteiger partial charge in [-0.1, -0.05) is 0 Å². The molecule has 0 heterocycles. The third kappa shape index (κ3) is 147. The van der Waals surface area contributed by atoms with Crippen molar-refractivity contribution in [1.29, 1.82) is 1.12 Å². The van der Waals surface area contributed by atoms with Crippen LogP contribution < -0.4 is 0 Å². The van der Waals surface area contributed by atoms with Gasteiger partial charge in [0.25, 0.3) is 0 Å². The highest BCUT2D eigenvalue weighted by atomic mass is 32.9. The summed E-state index contributed by atoms with van der Waals surface area (Å²) in [6.07, 6.45) is 0. The Labute approximate surface area is 35.4 Å². The standard InChI is InChI=1S/H4O3S2/c1-5(2,3)4/h4H2,(H2,1,2,3)/i4D. The maximum Gasteiger partial charge on any atom is 0.218 e. The van der Waals surface area contributed by atoms with Gasteiger partial charge in [0.15, 0.2) is 0 Å². The van der Waals surface area contributed by atoms with Crippen LogP contribution in [0.5, 0.6) is 0 Å². The predicted molar refractivity (Wildman–Crippen MR) is 23.6 cm³/mol. The van der Waals surface area contributed by atoms with Crippen molar-refractivity contribution in [3.63, 3.8) is 0 Å². The number of hydrogen-bond acceptors (Lipinski definition) is 1. The normalized spacial score (nSPS) is 14.4. The molecule has 0 aliphatic carbocycles. The van der Waals surface area contributed by atoms with E-state index in [0.29, 0.717) is 0 Å².